The summed E-state index contributed by atoms with van der Waals surface area (Å²) in [6.45, 7) is 4.82. The molecule has 0 radical (unpaired) electrons. The standard InChI is InChI=1S/C12H15N3O/c1-3-13-12(11-5-4-6-16-11)10-8-14-9(2)7-15-10/h4-8,12-13H,3H2,1-2H3. The van der Waals surface area contributed by atoms with Crippen LogP contribution in [0.5, 0.6) is 0 Å². The lowest BCUT2D eigenvalue weighted by molar-refractivity contribution is 0.446. The zero-order valence-corrected chi connectivity index (χ0v) is 9.47. The predicted octanol–water partition coefficient (Wildman–Crippen LogP) is 2.08. The van der Waals surface area contributed by atoms with Crippen molar-refractivity contribution in [3.05, 3.63) is 47.9 Å². The molecule has 0 bridgehead atoms. The number of nitrogens with zero attached hydrogens (tertiary/aromatic N) is 2. The van der Waals surface area contributed by atoms with Crippen LogP contribution in [0, 0.1) is 6.92 Å². The summed E-state index contributed by atoms with van der Waals surface area (Å²) in [7, 11) is 0. The van der Waals surface area contributed by atoms with Crippen LogP contribution < -0.4 is 5.32 Å². The van der Waals surface area contributed by atoms with Crippen LogP contribution >= 0.6 is 0 Å². The zero-order valence-electron chi connectivity index (χ0n) is 9.47. The maximum Gasteiger partial charge on any atom is 0.126 e. The third kappa shape index (κ3) is 2.28. The third-order valence-corrected chi connectivity index (χ3v) is 2.33. The van der Waals surface area contributed by atoms with Gasteiger partial charge in [0, 0.05) is 6.20 Å². The highest BCUT2D eigenvalue weighted by Gasteiger charge is 2.16. The summed E-state index contributed by atoms with van der Waals surface area (Å²) in [6, 6.07) is 3.80. The van der Waals surface area contributed by atoms with Gasteiger partial charge in [-0.1, -0.05) is 6.92 Å². The van der Waals surface area contributed by atoms with Gasteiger partial charge in [0.25, 0.3) is 0 Å². The summed E-state index contributed by atoms with van der Waals surface area (Å²) in [5.74, 6) is 0.861. The molecule has 2 aromatic heterocycles. The molecule has 0 saturated heterocycles. The van der Waals surface area contributed by atoms with E-state index in [1.807, 2.05) is 19.1 Å². The van der Waals surface area contributed by atoms with Gasteiger partial charge in [-0.2, -0.15) is 0 Å². The number of hydrogen-bond donors (Lipinski definition) is 1. The van der Waals surface area contributed by atoms with E-state index in [2.05, 4.69) is 22.2 Å². The number of aryl methyl sites for hydroxylation is 1. The van der Waals surface area contributed by atoms with Crippen LogP contribution in [-0.4, -0.2) is 16.5 Å². The summed E-state index contributed by atoms with van der Waals surface area (Å²) in [5, 5.41) is 3.32. The summed E-state index contributed by atoms with van der Waals surface area (Å²) >= 11 is 0. The summed E-state index contributed by atoms with van der Waals surface area (Å²) < 4.78 is 5.40. The van der Waals surface area contributed by atoms with Crippen LogP contribution in [0.2, 0.25) is 0 Å². The van der Waals surface area contributed by atoms with Gasteiger partial charge in [-0.05, 0) is 25.6 Å². The fraction of sp³-hybridized carbons (Fsp3) is 0.333. The Kier molecular flexibility index (Phi) is 3.31. The molecule has 0 amide bonds. The Labute approximate surface area is 94.7 Å². The summed E-state index contributed by atoms with van der Waals surface area (Å²) in [6.07, 6.45) is 5.22. The molecule has 0 saturated carbocycles. The molecule has 0 fully saturated rings. The van der Waals surface area contributed by atoms with Crippen LogP contribution in [0.15, 0.2) is 35.2 Å². The van der Waals surface area contributed by atoms with Gasteiger partial charge in [-0.3, -0.25) is 9.97 Å². The van der Waals surface area contributed by atoms with E-state index < -0.39 is 0 Å². The Hall–Kier alpha value is -1.68. The van der Waals surface area contributed by atoms with Crippen LogP contribution in [0.4, 0.5) is 0 Å². The highest BCUT2D eigenvalue weighted by Crippen LogP contribution is 2.19. The molecule has 2 aromatic rings. The van der Waals surface area contributed by atoms with E-state index in [9.17, 15) is 0 Å². The molecule has 4 heteroatoms. The minimum Gasteiger partial charge on any atom is -0.467 e. The Morgan fingerprint density at radius 2 is 2.25 bits per heavy atom. The molecule has 2 rings (SSSR count). The number of nitrogens with one attached hydrogen (secondary N) is 1. The summed E-state index contributed by atoms with van der Waals surface area (Å²) in [4.78, 5) is 8.62. The molecule has 1 atom stereocenters. The minimum absolute atomic E-state index is 0.0203. The average molecular weight is 217 g/mol. The van der Waals surface area contributed by atoms with Crippen molar-refractivity contribution in [2.24, 2.45) is 0 Å². The molecule has 1 N–H and O–H groups in total. The lowest BCUT2D eigenvalue weighted by Crippen LogP contribution is -2.22. The molecule has 16 heavy (non-hydrogen) atoms. The molecule has 0 aliphatic carbocycles. The maximum absolute atomic E-state index is 5.40. The van der Waals surface area contributed by atoms with Crippen molar-refractivity contribution in [1.29, 1.82) is 0 Å². The quantitative estimate of drug-likeness (QED) is 0.851. The Balaban J connectivity index is 2.29. The Morgan fingerprint density at radius 1 is 1.38 bits per heavy atom. The van der Waals surface area contributed by atoms with Crippen molar-refractivity contribution < 1.29 is 4.42 Å². The van der Waals surface area contributed by atoms with E-state index in [-0.39, 0.29) is 6.04 Å². The molecule has 0 aliphatic heterocycles. The Morgan fingerprint density at radius 3 is 2.81 bits per heavy atom. The zero-order chi connectivity index (χ0) is 11.4. The molecular weight excluding hydrogens is 202 g/mol. The maximum atomic E-state index is 5.40. The SMILES string of the molecule is CCNC(c1cnc(C)cn1)c1ccco1. The van der Waals surface area contributed by atoms with Crippen molar-refractivity contribution in [2.45, 2.75) is 19.9 Å². The highest BCUT2D eigenvalue weighted by atomic mass is 16.3. The van der Waals surface area contributed by atoms with Gasteiger partial charge in [0.1, 0.15) is 11.8 Å². The number of aromatic nitrogens is 2. The second-order valence-corrected chi connectivity index (χ2v) is 3.59. The van der Waals surface area contributed by atoms with E-state index in [1.54, 1.807) is 18.7 Å². The normalized spacial score (nSPS) is 12.6. The number of rotatable bonds is 4. The van der Waals surface area contributed by atoms with Gasteiger partial charge < -0.3 is 9.73 Å². The predicted molar refractivity (Wildman–Crippen MR) is 61.0 cm³/mol. The van der Waals surface area contributed by atoms with Crippen molar-refractivity contribution in [3.8, 4) is 0 Å². The fourth-order valence-electron chi connectivity index (χ4n) is 1.56. The van der Waals surface area contributed by atoms with E-state index >= 15 is 0 Å². The second kappa shape index (κ2) is 4.90. The van der Waals surface area contributed by atoms with Gasteiger partial charge in [-0.15, -0.1) is 0 Å². The van der Waals surface area contributed by atoms with Gasteiger partial charge in [0.05, 0.1) is 23.8 Å². The van der Waals surface area contributed by atoms with Gasteiger partial charge in [-0.25, -0.2) is 0 Å². The van der Waals surface area contributed by atoms with Crippen LogP contribution in [-0.2, 0) is 0 Å². The third-order valence-electron chi connectivity index (χ3n) is 2.33. The van der Waals surface area contributed by atoms with Crippen LogP contribution in [0.25, 0.3) is 0 Å². The molecule has 1 unspecified atom stereocenters. The van der Waals surface area contributed by atoms with Gasteiger partial charge in [0.2, 0.25) is 0 Å². The van der Waals surface area contributed by atoms with E-state index in [0.29, 0.717) is 0 Å². The van der Waals surface area contributed by atoms with Crippen molar-refractivity contribution in [3.63, 3.8) is 0 Å². The van der Waals surface area contributed by atoms with Gasteiger partial charge >= 0.3 is 0 Å². The first-order valence-corrected chi connectivity index (χ1v) is 5.36. The smallest absolute Gasteiger partial charge is 0.126 e. The molecule has 4 nitrogen and oxygen atoms in total. The van der Waals surface area contributed by atoms with E-state index in [1.165, 1.54) is 0 Å². The molecule has 0 spiro atoms. The fourth-order valence-corrected chi connectivity index (χ4v) is 1.56. The molecule has 0 aliphatic rings. The van der Waals surface area contributed by atoms with E-state index in [4.69, 9.17) is 4.42 Å². The lowest BCUT2D eigenvalue weighted by atomic mass is 10.1. The molecule has 2 heterocycles. The van der Waals surface area contributed by atoms with E-state index in [0.717, 1.165) is 23.7 Å². The van der Waals surface area contributed by atoms with Crippen LogP contribution in [0.1, 0.15) is 30.1 Å². The number of furan rings is 1. The van der Waals surface area contributed by atoms with Crippen molar-refractivity contribution >= 4 is 0 Å². The average Bonchev–Trinajstić information content (AvgIpc) is 2.81. The largest absolute Gasteiger partial charge is 0.467 e. The first kappa shape index (κ1) is 10.8. The van der Waals surface area contributed by atoms with Crippen molar-refractivity contribution in [1.82, 2.24) is 15.3 Å². The lowest BCUT2D eigenvalue weighted by Gasteiger charge is -2.14. The molecule has 0 aromatic carbocycles. The minimum atomic E-state index is -0.0203. The second-order valence-electron chi connectivity index (χ2n) is 3.59. The topological polar surface area (TPSA) is 51.0 Å². The highest BCUT2D eigenvalue weighted by molar-refractivity contribution is 5.18. The van der Waals surface area contributed by atoms with Gasteiger partial charge in [0.15, 0.2) is 0 Å². The van der Waals surface area contributed by atoms with Crippen LogP contribution in [0.3, 0.4) is 0 Å². The monoisotopic (exact) mass is 217 g/mol. The summed E-state index contributed by atoms with van der Waals surface area (Å²) in [5.41, 5.74) is 1.79. The molecule has 84 valence electrons. The number of hydrogen-bond acceptors (Lipinski definition) is 4. The first-order chi connectivity index (χ1) is 7.81. The molecular formula is C12H15N3O. The Bertz CT molecular complexity index is 422. The van der Waals surface area contributed by atoms with Crippen molar-refractivity contribution in [2.75, 3.05) is 6.54 Å². The first-order valence-electron chi connectivity index (χ1n) is 5.36.